The quantitative estimate of drug-likeness (QED) is 0.341. The van der Waals surface area contributed by atoms with Gasteiger partial charge in [-0.3, -0.25) is 4.98 Å². The minimum atomic E-state index is 0.465. The molecule has 0 radical (unpaired) electrons. The van der Waals surface area contributed by atoms with Crippen molar-refractivity contribution in [2.75, 3.05) is 12.3 Å². The van der Waals surface area contributed by atoms with Gasteiger partial charge in [0.25, 0.3) is 0 Å². The summed E-state index contributed by atoms with van der Waals surface area (Å²) in [7, 11) is 0. The van der Waals surface area contributed by atoms with Gasteiger partial charge in [-0.05, 0) is 18.0 Å². The van der Waals surface area contributed by atoms with Crippen LogP contribution in [0, 0.1) is 0 Å². The predicted octanol–water partition coefficient (Wildman–Crippen LogP) is 2.38. The summed E-state index contributed by atoms with van der Waals surface area (Å²) >= 11 is 0. The molecule has 0 bridgehead atoms. The molecular weight excluding hydrogens is 178 g/mol. The number of nitrogen functional groups attached to an aromatic ring is 1. The van der Waals surface area contributed by atoms with Gasteiger partial charge in [-0.15, -0.1) is 0 Å². The number of azide groups is 1. The van der Waals surface area contributed by atoms with Gasteiger partial charge in [-0.2, -0.15) is 0 Å². The van der Waals surface area contributed by atoms with Crippen molar-refractivity contribution < 1.29 is 0 Å². The Labute approximate surface area is 81.9 Å². The van der Waals surface area contributed by atoms with Gasteiger partial charge in [0.2, 0.25) is 0 Å². The summed E-state index contributed by atoms with van der Waals surface area (Å²) in [4.78, 5) is 6.60. The smallest absolute Gasteiger partial charge is 0.0418 e. The van der Waals surface area contributed by atoms with Crippen molar-refractivity contribution in [3.63, 3.8) is 0 Å². The first kappa shape index (κ1) is 10.1. The normalized spacial score (nSPS) is 10.0. The highest BCUT2D eigenvalue weighted by molar-refractivity contribution is 5.62. The highest BCUT2D eigenvalue weighted by Crippen LogP contribution is 2.10. The van der Waals surface area contributed by atoms with Crippen molar-refractivity contribution in [2.24, 2.45) is 5.11 Å². The van der Waals surface area contributed by atoms with Crippen molar-refractivity contribution in [1.82, 2.24) is 4.98 Å². The van der Waals surface area contributed by atoms with Crippen molar-refractivity contribution in [3.05, 3.63) is 40.5 Å². The van der Waals surface area contributed by atoms with E-state index in [1.54, 1.807) is 18.5 Å². The minimum absolute atomic E-state index is 0.465. The number of anilines is 1. The molecule has 5 nitrogen and oxygen atoms in total. The predicted molar refractivity (Wildman–Crippen MR) is 56.3 cm³/mol. The van der Waals surface area contributed by atoms with E-state index in [2.05, 4.69) is 15.0 Å². The van der Waals surface area contributed by atoms with E-state index in [4.69, 9.17) is 11.3 Å². The first-order valence-electron chi connectivity index (χ1n) is 4.21. The molecule has 0 spiro atoms. The van der Waals surface area contributed by atoms with Gasteiger partial charge in [0, 0.05) is 35.1 Å². The zero-order valence-corrected chi connectivity index (χ0v) is 7.67. The summed E-state index contributed by atoms with van der Waals surface area (Å²) in [5.41, 5.74) is 15.3. The molecule has 0 unspecified atom stereocenters. The molecule has 1 aromatic rings. The molecule has 2 N–H and O–H groups in total. The number of pyridine rings is 1. The average molecular weight is 189 g/mol. The maximum absolute atomic E-state index is 8.03. The fraction of sp³-hybridized carbons (Fsp3) is 0.222. The summed E-state index contributed by atoms with van der Waals surface area (Å²) < 4.78 is 0. The standard InChI is InChI=1S/C9H11N5/c10-9-4-6-12-7-8(9)3-1-2-5-13-14-11/h1,3-4,6-7H,2,5H2,(H2,10,12). The molecule has 0 amide bonds. The van der Waals surface area contributed by atoms with Crippen molar-refractivity contribution in [1.29, 1.82) is 0 Å². The number of rotatable bonds is 4. The molecule has 0 saturated heterocycles. The molecule has 1 heterocycles. The van der Waals surface area contributed by atoms with Crippen LogP contribution in [0.2, 0.25) is 0 Å². The van der Waals surface area contributed by atoms with Gasteiger partial charge in [0.15, 0.2) is 0 Å². The van der Waals surface area contributed by atoms with Crippen LogP contribution < -0.4 is 5.73 Å². The SMILES string of the molecule is [N-]=[N+]=NCCC=Cc1cnccc1N. The largest absolute Gasteiger partial charge is 0.398 e. The Morgan fingerprint density at radius 3 is 3.21 bits per heavy atom. The zero-order valence-electron chi connectivity index (χ0n) is 7.67. The third kappa shape index (κ3) is 3.16. The Morgan fingerprint density at radius 1 is 1.64 bits per heavy atom. The van der Waals surface area contributed by atoms with Crippen LogP contribution >= 0.6 is 0 Å². The third-order valence-corrected chi connectivity index (χ3v) is 1.64. The average Bonchev–Trinajstić information content (AvgIpc) is 2.20. The summed E-state index contributed by atoms with van der Waals surface area (Å²) in [5, 5.41) is 3.41. The van der Waals surface area contributed by atoms with E-state index in [-0.39, 0.29) is 0 Å². The summed E-state index contributed by atoms with van der Waals surface area (Å²) in [6.45, 7) is 0.465. The molecule has 0 aliphatic rings. The molecule has 72 valence electrons. The van der Waals surface area contributed by atoms with Gasteiger partial charge in [-0.25, -0.2) is 0 Å². The third-order valence-electron chi connectivity index (χ3n) is 1.64. The Kier molecular flexibility index (Phi) is 4.04. The van der Waals surface area contributed by atoms with Crippen LogP contribution in [0.4, 0.5) is 5.69 Å². The second-order valence-electron chi connectivity index (χ2n) is 2.65. The van der Waals surface area contributed by atoms with Crippen LogP contribution in [0.15, 0.2) is 29.7 Å². The van der Waals surface area contributed by atoms with Crippen LogP contribution in [0.5, 0.6) is 0 Å². The molecular formula is C9H11N5. The summed E-state index contributed by atoms with van der Waals surface area (Å²) in [6.07, 6.45) is 7.82. The number of nitrogens with zero attached hydrogens (tertiary/aromatic N) is 4. The minimum Gasteiger partial charge on any atom is -0.398 e. The lowest BCUT2D eigenvalue weighted by Crippen LogP contribution is -1.89. The number of hydrogen-bond donors (Lipinski definition) is 1. The van der Waals surface area contributed by atoms with E-state index in [1.807, 2.05) is 12.2 Å². The Morgan fingerprint density at radius 2 is 2.50 bits per heavy atom. The van der Waals surface area contributed by atoms with E-state index in [9.17, 15) is 0 Å². The molecule has 14 heavy (non-hydrogen) atoms. The molecule has 0 saturated carbocycles. The van der Waals surface area contributed by atoms with Crippen molar-refractivity contribution >= 4 is 11.8 Å². The number of hydrogen-bond acceptors (Lipinski definition) is 3. The lowest BCUT2D eigenvalue weighted by molar-refractivity contribution is 0.995. The van der Waals surface area contributed by atoms with Gasteiger partial charge in [-0.1, -0.05) is 17.3 Å². The van der Waals surface area contributed by atoms with Gasteiger partial charge < -0.3 is 5.73 Å². The molecule has 0 aliphatic carbocycles. The topological polar surface area (TPSA) is 87.7 Å². The first-order valence-corrected chi connectivity index (χ1v) is 4.21. The van der Waals surface area contributed by atoms with Gasteiger partial charge >= 0.3 is 0 Å². The van der Waals surface area contributed by atoms with E-state index >= 15 is 0 Å². The zero-order chi connectivity index (χ0) is 10.2. The first-order chi connectivity index (χ1) is 6.84. The molecule has 0 fully saturated rings. The van der Waals surface area contributed by atoms with Crippen LogP contribution in [-0.4, -0.2) is 11.5 Å². The van der Waals surface area contributed by atoms with E-state index in [0.717, 1.165) is 5.56 Å². The van der Waals surface area contributed by atoms with Crippen LogP contribution in [0.1, 0.15) is 12.0 Å². The van der Waals surface area contributed by atoms with Crippen LogP contribution in [-0.2, 0) is 0 Å². The summed E-state index contributed by atoms with van der Waals surface area (Å²) in [6, 6.07) is 1.74. The van der Waals surface area contributed by atoms with Crippen LogP contribution in [0.3, 0.4) is 0 Å². The molecule has 0 atom stereocenters. The fourth-order valence-corrected chi connectivity index (χ4v) is 0.944. The lowest BCUT2D eigenvalue weighted by Gasteiger charge is -1.96. The second-order valence-corrected chi connectivity index (χ2v) is 2.65. The molecule has 0 aromatic carbocycles. The Bertz CT molecular complexity index is 365. The summed E-state index contributed by atoms with van der Waals surface area (Å²) in [5.74, 6) is 0. The highest BCUT2D eigenvalue weighted by Gasteiger charge is 1.91. The molecule has 0 aliphatic heterocycles. The molecule has 5 heteroatoms. The molecule has 1 aromatic heterocycles. The number of aromatic nitrogens is 1. The van der Waals surface area contributed by atoms with Crippen molar-refractivity contribution in [2.45, 2.75) is 6.42 Å². The maximum atomic E-state index is 8.03. The van der Waals surface area contributed by atoms with Gasteiger partial charge in [0.05, 0.1) is 0 Å². The van der Waals surface area contributed by atoms with E-state index in [1.165, 1.54) is 0 Å². The highest BCUT2D eigenvalue weighted by atomic mass is 15.1. The fourth-order valence-electron chi connectivity index (χ4n) is 0.944. The maximum Gasteiger partial charge on any atom is 0.0418 e. The van der Waals surface area contributed by atoms with E-state index < -0.39 is 0 Å². The second kappa shape index (κ2) is 5.61. The lowest BCUT2D eigenvalue weighted by atomic mass is 10.2. The van der Waals surface area contributed by atoms with Crippen LogP contribution in [0.25, 0.3) is 16.5 Å². The Balaban J connectivity index is 2.51. The monoisotopic (exact) mass is 189 g/mol. The van der Waals surface area contributed by atoms with Gasteiger partial charge in [0.1, 0.15) is 0 Å². The molecule has 1 rings (SSSR count). The number of nitrogens with two attached hydrogens (primary N) is 1. The Hall–Kier alpha value is -2.00. The van der Waals surface area contributed by atoms with E-state index in [0.29, 0.717) is 18.7 Å². The van der Waals surface area contributed by atoms with Crippen molar-refractivity contribution in [3.8, 4) is 0 Å².